The number of nitrogens with zero attached hydrogens (tertiary/aromatic N) is 1. The van der Waals surface area contributed by atoms with Crippen LogP contribution in [0.3, 0.4) is 0 Å². The molecule has 0 bridgehead atoms. The van der Waals surface area contributed by atoms with E-state index < -0.39 is 0 Å². The third-order valence-electron chi connectivity index (χ3n) is 4.71. The SMILES string of the molecule is CC(C)NC(=O)N(Cc1ccccc1)c1cccc(CC(=O)NCC2CC2)c1. The molecule has 0 radical (unpaired) electrons. The van der Waals surface area contributed by atoms with E-state index in [2.05, 4.69) is 10.6 Å². The van der Waals surface area contributed by atoms with Gasteiger partial charge in [0, 0.05) is 18.3 Å². The smallest absolute Gasteiger partial charge is 0.322 e. The van der Waals surface area contributed by atoms with Gasteiger partial charge in [0.2, 0.25) is 5.91 Å². The van der Waals surface area contributed by atoms with Crippen molar-refractivity contribution in [1.82, 2.24) is 10.6 Å². The van der Waals surface area contributed by atoms with Gasteiger partial charge in [-0.25, -0.2) is 4.79 Å². The highest BCUT2D eigenvalue weighted by molar-refractivity contribution is 5.92. The topological polar surface area (TPSA) is 61.4 Å². The predicted molar refractivity (Wildman–Crippen MR) is 112 cm³/mol. The van der Waals surface area contributed by atoms with Gasteiger partial charge in [0.05, 0.1) is 13.0 Å². The molecule has 1 saturated carbocycles. The Balaban J connectivity index is 1.74. The minimum atomic E-state index is -0.144. The predicted octanol–water partition coefficient (Wildman–Crippen LogP) is 3.88. The van der Waals surface area contributed by atoms with Gasteiger partial charge in [-0.1, -0.05) is 42.5 Å². The number of urea groups is 1. The van der Waals surface area contributed by atoms with Gasteiger partial charge in [0.15, 0.2) is 0 Å². The average molecular weight is 380 g/mol. The summed E-state index contributed by atoms with van der Waals surface area (Å²) in [5.74, 6) is 0.696. The first kappa shape index (κ1) is 19.9. The molecule has 3 rings (SSSR count). The van der Waals surface area contributed by atoms with Crippen molar-refractivity contribution in [3.05, 3.63) is 65.7 Å². The van der Waals surface area contributed by atoms with E-state index in [-0.39, 0.29) is 18.0 Å². The van der Waals surface area contributed by atoms with Crippen LogP contribution in [0.2, 0.25) is 0 Å². The number of benzene rings is 2. The lowest BCUT2D eigenvalue weighted by atomic mass is 10.1. The van der Waals surface area contributed by atoms with Crippen LogP contribution in [0.25, 0.3) is 0 Å². The molecule has 2 aromatic carbocycles. The summed E-state index contributed by atoms with van der Waals surface area (Å²) in [6.07, 6.45) is 2.76. The van der Waals surface area contributed by atoms with Crippen molar-refractivity contribution >= 4 is 17.6 Å². The van der Waals surface area contributed by atoms with Gasteiger partial charge >= 0.3 is 6.03 Å². The Hall–Kier alpha value is -2.82. The zero-order valence-corrected chi connectivity index (χ0v) is 16.7. The van der Waals surface area contributed by atoms with Crippen LogP contribution in [0.4, 0.5) is 10.5 Å². The molecule has 5 heteroatoms. The van der Waals surface area contributed by atoms with Crippen LogP contribution in [-0.2, 0) is 17.8 Å². The van der Waals surface area contributed by atoms with Crippen molar-refractivity contribution in [2.24, 2.45) is 5.92 Å². The summed E-state index contributed by atoms with van der Waals surface area (Å²) in [7, 11) is 0. The van der Waals surface area contributed by atoms with Crippen molar-refractivity contribution < 1.29 is 9.59 Å². The lowest BCUT2D eigenvalue weighted by molar-refractivity contribution is -0.120. The van der Waals surface area contributed by atoms with Crippen LogP contribution in [0.1, 0.15) is 37.8 Å². The molecule has 0 atom stereocenters. The fraction of sp³-hybridized carbons (Fsp3) is 0.391. The zero-order valence-electron chi connectivity index (χ0n) is 16.7. The molecule has 1 aliphatic carbocycles. The molecular formula is C23H29N3O2. The maximum Gasteiger partial charge on any atom is 0.322 e. The van der Waals surface area contributed by atoms with Crippen LogP contribution in [0.15, 0.2) is 54.6 Å². The molecule has 2 aromatic rings. The number of carbonyl (C=O) groups excluding carboxylic acids is 2. The molecule has 1 fully saturated rings. The van der Waals surface area contributed by atoms with E-state index in [1.807, 2.05) is 68.4 Å². The summed E-state index contributed by atoms with van der Waals surface area (Å²) in [6.45, 7) is 5.13. The molecule has 0 spiro atoms. The molecule has 148 valence electrons. The minimum absolute atomic E-state index is 0.0327. The lowest BCUT2D eigenvalue weighted by Gasteiger charge is -2.25. The number of carbonyl (C=O) groups is 2. The Morgan fingerprint density at radius 1 is 1.04 bits per heavy atom. The second-order valence-electron chi connectivity index (χ2n) is 7.77. The minimum Gasteiger partial charge on any atom is -0.356 e. The Bertz CT molecular complexity index is 801. The first-order valence-corrected chi connectivity index (χ1v) is 9.99. The third-order valence-corrected chi connectivity index (χ3v) is 4.71. The molecule has 5 nitrogen and oxygen atoms in total. The number of hydrogen-bond acceptors (Lipinski definition) is 2. The van der Waals surface area contributed by atoms with Crippen molar-refractivity contribution in [1.29, 1.82) is 0 Å². The molecule has 0 unspecified atom stereocenters. The summed E-state index contributed by atoms with van der Waals surface area (Å²) in [6, 6.07) is 17.5. The van der Waals surface area contributed by atoms with E-state index in [1.165, 1.54) is 12.8 Å². The molecule has 0 aliphatic heterocycles. The normalized spacial score (nSPS) is 13.2. The maximum absolute atomic E-state index is 12.8. The van der Waals surface area contributed by atoms with Crippen LogP contribution in [0.5, 0.6) is 0 Å². The summed E-state index contributed by atoms with van der Waals surface area (Å²) < 4.78 is 0. The monoisotopic (exact) mass is 379 g/mol. The Labute approximate surface area is 167 Å². The molecule has 0 aromatic heterocycles. The second-order valence-corrected chi connectivity index (χ2v) is 7.77. The molecule has 28 heavy (non-hydrogen) atoms. The van der Waals surface area contributed by atoms with Gasteiger partial charge in [-0.2, -0.15) is 0 Å². The first-order chi connectivity index (χ1) is 13.5. The van der Waals surface area contributed by atoms with Crippen LogP contribution < -0.4 is 15.5 Å². The summed E-state index contributed by atoms with van der Waals surface area (Å²) >= 11 is 0. The van der Waals surface area contributed by atoms with Crippen molar-refractivity contribution in [2.45, 2.75) is 45.7 Å². The van der Waals surface area contributed by atoms with Gasteiger partial charge in [-0.05, 0) is 55.9 Å². The van der Waals surface area contributed by atoms with Gasteiger partial charge in [-0.3, -0.25) is 9.69 Å². The van der Waals surface area contributed by atoms with Crippen LogP contribution in [0, 0.1) is 5.92 Å². The zero-order chi connectivity index (χ0) is 19.9. The third kappa shape index (κ3) is 6.12. The number of hydrogen-bond donors (Lipinski definition) is 2. The Morgan fingerprint density at radius 3 is 2.43 bits per heavy atom. The quantitative estimate of drug-likeness (QED) is 0.731. The fourth-order valence-electron chi connectivity index (χ4n) is 3.03. The molecule has 3 amide bonds. The fourth-order valence-corrected chi connectivity index (χ4v) is 3.03. The first-order valence-electron chi connectivity index (χ1n) is 9.99. The second kappa shape index (κ2) is 9.40. The molecule has 2 N–H and O–H groups in total. The summed E-state index contributed by atoms with van der Waals surface area (Å²) in [4.78, 5) is 26.7. The lowest BCUT2D eigenvalue weighted by Crippen LogP contribution is -2.42. The Morgan fingerprint density at radius 2 is 1.75 bits per heavy atom. The van der Waals surface area contributed by atoms with Crippen molar-refractivity contribution in [3.8, 4) is 0 Å². The number of nitrogens with one attached hydrogen (secondary N) is 2. The van der Waals surface area contributed by atoms with E-state index in [4.69, 9.17) is 0 Å². The van der Waals surface area contributed by atoms with Crippen molar-refractivity contribution in [2.75, 3.05) is 11.4 Å². The van der Waals surface area contributed by atoms with E-state index in [9.17, 15) is 9.59 Å². The maximum atomic E-state index is 12.8. The van der Waals surface area contributed by atoms with Gasteiger partial charge < -0.3 is 10.6 Å². The molecular weight excluding hydrogens is 350 g/mol. The van der Waals surface area contributed by atoms with Gasteiger partial charge in [0.25, 0.3) is 0 Å². The van der Waals surface area contributed by atoms with Gasteiger partial charge in [0.1, 0.15) is 0 Å². The van der Waals surface area contributed by atoms with E-state index in [1.54, 1.807) is 4.90 Å². The highest BCUT2D eigenvalue weighted by Crippen LogP contribution is 2.27. The molecule has 1 aliphatic rings. The Kier molecular flexibility index (Phi) is 6.69. The van der Waals surface area contributed by atoms with Crippen LogP contribution >= 0.6 is 0 Å². The van der Waals surface area contributed by atoms with Crippen molar-refractivity contribution in [3.63, 3.8) is 0 Å². The highest BCUT2D eigenvalue weighted by atomic mass is 16.2. The molecule has 0 saturated heterocycles. The van der Waals surface area contributed by atoms with E-state index >= 15 is 0 Å². The number of amides is 3. The van der Waals surface area contributed by atoms with Gasteiger partial charge in [-0.15, -0.1) is 0 Å². The molecule has 0 heterocycles. The van der Waals surface area contributed by atoms with E-state index in [0.717, 1.165) is 23.4 Å². The van der Waals surface area contributed by atoms with E-state index in [0.29, 0.717) is 18.9 Å². The largest absolute Gasteiger partial charge is 0.356 e. The highest BCUT2D eigenvalue weighted by Gasteiger charge is 2.22. The number of anilines is 1. The standard InChI is InChI=1S/C23H29N3O2/c1-17(2)25-23(28)26(16-19-7-4-3-5-8-19)21-10-6-9-20(13-21)14-22(27)24-15-18-11-12-18/h3-10,13,17-18H,11-12,14-16H2,1-2H3,(H,24,27)(H,25,28). The summed E-state index contributed by atoms with van der Waals surface area (Å²) in [5, 5.41) is 5.97. The number of rotatable bonds is 8. The average Bonchev–Trinajstić information content (AvgIpc) is 3.49. The van der Waals surface area contributed by atoms with Crippen LogP contribution in [-0.4, -0.2) is 24.5 Å². The summed E-state index contributed by atoms with van der Waals surface area (Å²) in [5.41, 5.74) is 2.74.